The number of amides is 1. The molecule has 1 aromatic carbocycles. The van der Waals surface area contributed by atoms with Crippen molar-refractivity contribution < 1.29 is 4.79 Å². The van der Waals surface area contributed by atoms with Crippen LogP contribution in [-0.4, -0.2) is 5.91 Å². The maximum atomic E-state index is 11.9. The van der Waals surface area contributed by atoms with Crippen molar-refractivity contribution in [1.29, 1.82) is 0 Å². The molecule has 2 aromatic rings. The van der Waals surface area contributed by atoms with Gasteiger partial charge in [0.2, 0.25) is 5.91 Å². The Labute approximate surface area is 131 Å². The monoisotopic (exact) mass is 352 g/mol. The summed E-state index contributed by atoms with van der Waals surface area (Å²) in [6, 6.07) is 7.92. The average Bonchev–Trinajstić information content (AvgIpc) is 2.87. The number of nitrogens with two attached hydrogens (primary N) is 1. The number of nitrogen functional groups attached to an aromatic ring is 1. The molecule has 3 nitrogen and oxygen atoms in total. The summed E-state index contributed by atoms with van der Waals surface area (Å²) in [5.41, 5.74) is 8.24. The zero-order valence-electron chi connectivity index (χ0n) is 11.3. The van der Waals surface area contributed by atoms with Crippen LogP contribution in [0.25, 0.3) is 0 Å². The molecule has 0 aliphatic heterocycles. The van der Waals surface area contributed by atoms with Crippen LogP contribution >= 0.6 is 27.3 Å². The van der Waals surface area contributed by atoms with Gasteiger partial charge in [-0.15, -0.1) is 11.3 Å². The summed E-state index contributed by atoms with van der Waals surface area (Å²) in [5, 5.41) is 4.93. The minimum absolute atomic E-state index is 0.00203. The van der Waals surface area contributed by atoms with Crippen LogP contribution in [0.3, 0.4) is 0 Å². The summed E-state index contributed by atoms with van der Waals surface area (Å²) in [6.45, 7) is 1.97. The number of rotatable bonds is 5. The van der Waals surface area contributed by atoms with Gasteiger partial charge in [0.05, 0.1) is 11.4 Å². The van der Waals surface area contributed by atoms with Crippen LogP contribution in [-0.2, 0) is 11.2 Å². The number of anilines is 2. The Balaban J connectivity index is 1.88. The first kappa shape index (κ1) is 15.1. The van der Waals surface area contributed by atoms with Gasteiger partial charge in [-0.2, -0.15) is 0 Å². The fourth-order valence-electron chi connectivity index (χ4n) is 1.98. The highest BCUT2D eigenvalue weighted by Crippen LogP contribution is 2.30. The smallest absolute Gasteiger partial charge is 0.224 e. The van der Waals surface area contributed by atoms with Crippen molar-refractivity contribution in [2.24, 2.45) is 0 Å². The first-order chi connectivity index (χ1) is 9.56. The quantitative estimate of drug-likeness (QED) is 0.785. The van der Waals surface area contributed by atoms with E-state index in [4.69, 9.17) is 5.73 Å². The first-order valence-corrected chi connectivity index (χ1v) is 8.11. The van der Waals surface area contributed by atoms with E-state index in [-0.39, 0.29) is 5.91 Å². The summed E-state index contributed by atoms with van der Waals surface area (Å²) in [7, 11) is 0. The van der Waals surface area contributed by atoms with Crippen LogP contribution < -0.4 is 11.1 Å². The number of carbonyl (C=O) groups excluding carboxylic acids is 1. The van der Waals surface area contributed by atoms with Gasteiger partial charge in [0.1, 0.15) is 0 Å². The zero-order chi connectivity index (χ0) is 14.5. The van der Waals surface area contributed by atoms with E-state index in [9.17, 15) is 4.79 Å². The molecule has 0 fully saturated rings. The molecule has 106 valence electrons. The molecule has 2 rings (SSSR count). The summed E-state index contributed by atoms with van der Waals surface area (Å²) < 4.78 is 0.821. The molecular formula is C15H17BrN2OS. The van der Waals surface area contributed by atoms with Crippen molar-refractivity contribution in [3.8, 4) is 0 Å². The fourth-order valence-corrected chi connectivity index (χ4v) is 3.42. The molecule has 5 heteroatoms. The van der Waals surface area contributed by atoms with Crippen LogP contribution in [0.4, 0.5) is 11.4 Å². The van der Waals surface area contributed by atoms with Gasteiger partial charge in [-0.1, -0.05) is 6.07 Å². The van der Waals surface area contributed by atoms with Crippen LogP contribution in [0.15, 0.2) is 34.1 Å². The lowest BCUT2D eigenvalue weighted by Gasteiger charge is -2.11. The van der Waals surface area contributed by atoms with Crippen molar-refractivity contribution >= 4 is 44.5 Å². The second-order valence-corrected chi connectivity index (χ2v) is 6.58. The van der Waals surface area contributed by atoms with Gasteiger partial charge < -0.3 is 11.1 Å². The standard InChI is InChI=1S/C15H17BrN2OS/c1-10-8-12(16)15(13(17)9-10)18-14(19)6-2-4-11-5-3-7-20-11/h3,5,7-9H,2,4,6,17H2,1H3,(H,18,19). The fraction of sp³-hybridized carbons (Fsp3) is 0.267. The number of aryl methyl sites for hydroxylation is 2. The molecule has 1 heterocycles. The SMILES string of the molecule is Cc1cc(N)c(NC(=O)CCCc2cccs2)c(Br)c1. The normalized spacial score (nSPS) is 10.5. The Hall–Kier alpha value is -1.33. The van der Waals surface area contributed by atoms with E-state index >= 15 is 0 Å². The third kappa shape index (κ3) is 4.08. The van der Waals surface area contributed by atoms with Crippen molar-refractivity contribution in [1.82, 2.24) is 0 Å². The maximum Gasteiger partial charge on any atom is 0.224 e. The molecule has 0 atom stereocenters. The van der Waals surface area contributed by atoms with Crippen LogP contribution in [0.1, 0.15) is 23.3 Å². The number of carbonyl (C=O) groups is 1. The molecule has 0 saturated carbocycles. The Kier molecular flexibility index (Phi) is 5.20. The highest BCUT2D eigenvalue weighted by molar-refractivity contribution is 9.10. The Morgan fingerprint density at radius 3 is 2.90 bits per heavy atom. The summed E-state index contributed by atoms with van der Waals surface area (Å²) in [6.07, 6.45) is 2.28. The lowest BCUT2D eigenvalue weighted by molar-refractivity contribution is -0.116. The van der Waals surface area contributed by atoms with E-state index in [1.54, 1.807) is 11.3 Å². The molecule has 0 saturated heterocycles. The number of hydrogen-bond acceptors (Lipinski definition) is 3. The second-order valence-electron chi connectivity index (χ2n) is 4.69. The number of thiophene rings is 1. The Morgan fingerprint density at radius 2 is 2.25 bits per heavy atom. The molecular weight excluding hydrogens is 336 g/mol. The summed E-state index contributed by atoms with van der Waals surface area (Å²) in [5.74, 6) is -0.00203. The highest BCUT2D eigenvalue weighted by Gasteiger charge is 2.09. The molecule has 0 aliphatic rings. The number of benzene rings is 1. The minimum Gasteiger partial charge on any atom is -0.397 e. The molecule has 0 bridgehead atoms. The van der Waals surface area contributed by atoms with E-state index in [0.29, 0.717) is 17.8 Å². The molecule has 1 aromatic heterocycles. The molecule has 1 amide bonds. The number of nitrogens with one attached hydrogen (secondary N) is 1. The van der Waals surface area contributed by atoms with E-state index in [2.05, 4.69) is 32.7 Å². The Morgan fingerprint density at radius 1 is 1.45 bits per heavy atom. The third-order valence-corrected chi connectivity index (χ3v) is 4.50. The third-order valence-electron chi connectivity index (χ3n) is 2.94. The van der Waals surface area contributed by atoms with Gasteiger partial charge in [0, 0.05) is 15.8 Å². The molecule has 0 spiro atoms. The predicted molar refractivity (Wildman–Crippen MR) is 89.2 cm³/mol. The lowest BCUT2D eigenvalue weighted by atomic mass is 10.1. The zero-order valence-corrected chi connectivity index (χ0v) is 13.7. The van der Waals surface area contributed by atoms with Gasteiger partial charge in [-0.05, 0) is 64.8 Å². The van der Waals surface area contributed by atoms with Gasteiger partial charge in [0.25, 0.3) is 0 Å². The van der Waals surface area contributed by atoms with Crippen LogP contribution in [0.2, 0.25) is 0 Å². The van der Waals surface area contributed by atoms with E-state index in [1.165, 1.54) is 4.88 Å². The lowest BCUT2D eigenvalue weighted by Crippen LogP contribution is -2.13. The van der Waals surface area contributed by atoms with Gasteiger partial charge in [0.15, 0.2) is 0 Å². The molecule has 0 unspecified atom stereocenters. The topological polar surface area (TPSA) is 55.1 Å². The number of halogens is 1. The molecule has 0 aliphatic carbocycles. The van der Waals surface area contributed by atoms with E-state index < -0.39 is 0 Å². The van der Waals surface area contributed by atoms with E-state index in [0.717, 1.165) is 22.9 Å². The Bertz CT molecular complexity index is 573. The van der Waals surface area contributed by atoms with Gasteiger partial charge >= 0.3 is 0 Å². The summed E-state index contributed by atoms with van der Waals surface area (Å²) >= 11 is 5.16. The van der Waals surface area contributed by atoms with Gasteiger partial charge in [-0.25, -0.2) is 0 Å². The second kappa shape index (κ2) is 6.90. The minimum atomic E-state index is -0.00203. The maximum absolute atomic E-state index is 11.9. The van der Waals surface area contributed by atoms with E-state index in [1.807, 2.05) is 25.1 Å². The van der Waals surface area contributed by atoms with Gasteiger partial charge in [-0.3, -0.25) is 4.79 Å². The van der Waals surface area contributed by atoms with Crippen molar-refractivity contribution in [2.45, 2.75) is 26.2 Å². The predicted octanol–water partition coefficient (Wildman–Crippen LogP) is 4.36. The largest absolute Gasteiger partial charge is 0.397 e. The highest BCUT2D eigenvalue weighted by atomic mass is 79.9. The van der Waals surface area contributed by atoms with Crippen molar-refractivity contribution in [2.75, 3.05) is 11.1 Å². The van der Waals surface area contributed by atoms with Crippen molar-refractivity contribution in [3.63, 3.8) is 0 Å². The first-order valence-electron chi connectivity index (χ1n) is 6.44. The molecule has 20 heavy (non-hydrogen) atoms. The number of hydrogen-bond donors (Lipinski definition) is 2. The van der Waals surface area contributed by atoms with Crippen molar-refractivity contribution in [3.05, 3.63) is 44.6 Å². The average molecular weight is 353 g/mol. The molecule has 3 N–H and O–H groups in total. The van der Waals surface area contributed by atoms with Crippen LogP contribution in [0.5, 0.6) is 0 Å². The molecule has 0 radical (unpaired) electrons. The summed E-state index contributed by atoms with van der Waals surface area (Å²) in [4.78, 5) is 13.3. The van der Waals surface area contributed by atoms with Crippen LogP contribution in [0, 0.1) is 6.92 Å².